The lowest BCUT2D eigenvalue weighted by Crippen LogP contribution is -2.42. The van der Waals surface area contributed by atoms with E-state index in [2.05, 4.69) is 26.7 Å². The third kappa shape index (κ3) is 3.06. The number of nitrogens with zero attached hydrogens (tertiary/aromatic N) is 6. The number of amides is 1. The van der Waals surface area contributed by atoms with Crippen LogP contribution in [0.1, 0.15) is 49.2 Å². The van der Waals surface area contributed by atoms with Gasteiger partial charge in [0.15, 0.2) is 5.82 Å². The molecule has 1 saturated heterocycles. The van der Waals surface area contributed by atoms with Gasteiger partial charge in [0, 0.05) is 38.1 Å². The first kappa shape index (κ1) is 16.3. The third-order valence-electron chi connectivity index (χ3n) is 5.22. The van der Waals surface area contributed by atoms with Crippen molar-refractivity contribution >= 4 is 5.91 Å². The Hall–Kier alpha value is -2.22. The minimum Gasteiger partial charge on any atom is -0.381 e. The van der Waals surface area contributed by atoms with Crippen molar-refractivity contribution < 1.29 is 9.53 Å². The zero-order valence-corrected chi connectivity index (χ0v) is 14.8. The minimum absolute atomic E-state index is 0.0924. The molecule has 2 aromatic rings. The molecule has 0 saturated carbocycles. The molecule has 134 valence electrons. The molecular weight excluding hydrogens is 320 g/mol. The van der Waals surface area contributed by atoms with Gasteiger partial charge >= 0.3 is 0 Å². The summed E-state index contributed by atoms with van der Waals surface area (Å²) in [4.78, 5) is 18.7. The molecule has 4 heterocycles. The van der Waals surface area contributed by atoms with Gasteiger partial charge in [-0.1, -0.05) is 0 Å². The molecule has 2 aliphatic rings. The Labute approximate surface area is 146 Å². The molecule has 1 amide bonds. The normalized spacial score (nSPS) is 21.4. The highest BCUT2D eigenvalue weighted by Gasteiger charge is 2.32. The van der Waals surface area contributed by atoms with Gasteiger partial charge in [-0.25, -0.2) is 4.98 Å². The van der Waals surface area contributed by atoms with Crippen LogP contribution in [-0.2, 0) is 22.6 Å². The van der Waals surface area contributed by atoms with E-state index < -0.39 is 0 Å². The number of rotatable bonds is 3. The summed E-state index contributed by atoms with van der Waals surface area (Å²) in [5, 5.41) is 8.85. The van der Waals surface area contributed by atoms with Crippen LogP contribution in [0.15, 0.2) is 12.4 Å². The summed E-state index contributed by atoms with van der Waals surface area (Å²) in [6.07, 6.45) is 5.55. The maximum absolute atomic E-state index is 12.7. The van der Waals surface area contributed by atoms with E-state index in [-0.39, 0.29) is 11.9 Å². The Kier molecular flexibility index (Phi) is 4.29. The Morgan fingerprint density at radius 2 is 2.12 bits per heavy atom. The average molecular weight is 344 g/mol. The van der Waals surface area contributed by atoms with Crippen molar-refractivity contribution in [3.8, 4) is 0 Å². The number of carbonyl (C=O) groups excluding carboxylic acids is 1. The standard InChI is InChI=1S/C17H24N6O2/c1-12-9-22(16(24)11-21-6-5-18-13(21)2)10-15-19-20-17(23(12)15)14-3-7-25-8-4-14/h5-6,12,14H,3-4,7-11H2,1-2H3/t12-/m0/s1. The first-order chi connectivity index (χ1) is 12.1. The quantitative estimate of drug-likeness (QED) is 0.838. The molecule has 8 heteroatoms. The molecule has 0 aliphatic carbocycles. The number of imidazole rings is 1. The molecule has 25 heavy (non-hydrogen) atoms. The minimum atomic E-state index is 0.0924. The van der Waals surface area contributed by atoms with Crippen LogP contribution in [0.5, 0.6) is 0 Å². The number of aromatic nitrogens is 5. The van der Waals surface area contributed by atoms with Crippen LogP contribution in [0.3, 0.4) is 0 Å². The summed E-state index contributed by atoms with van der Waals surface area (Å²) < 4.78 is 9.57. The molecule has 0 N–H and O–H groups in total. The largest absolute Gasteiger partial charge is 0.381 e. The zero-order valence-electron chi connectivity index (χ0n) is 14.8. The van der Waals surface area contributed by atoms with Gasteiger partial charge in [-0.2, -0.15) is 0 Å². The number of fused-ring (bicyclic) bond motifs is 1. The van der Waals surface area contributed by atoms with Gasteiger partial charge in [0.2, 0.25) is 5.91 Å². The van der Waals surface area contributed by atoms with E-state index in [0.717, 1.165) is 43.5 Å². The molecule has 1 fully saturated rings. The molecule has 4 rings (SSSR count). The summed E-state index contributed by atoms with van der Waals surface area (Å²) in [6, 6.07) is 0.185. The first-order valence-electron chi connectivity index (χ1n) is 8.90. The topological polar surface area (TPSA) is 78.1 Å². The van der Waals surface area contributed by atoms with Gasteiger partial charge in [-0.15, -0.1) is 10.2 Å². The lowest BCUT2D eigenvalue weighted by molar-refractivity contribution is -0.133. The summed E-state index contributed by atoms with van der Waals surface area (Å²) in [5.41, 5.74) is 0. The number of hydrogen-bond donors (Lipinski definition) is 0. The number of hydrogen-bond acceptors (Lipinski definition) is 5. The van der Waals surface area contributed by atoms with Crippen molar-refractivity contribution in [1.82, 2.24) is 29.2 Å². The molecule has 1 atom stereocenters. The second kappa shape index (κ2) is 6.59. The fourth-order valence-corrected chi connectivity index (χ4v) is 3.80. The van der Waals surface area contributed by atoms with Crippen molar-refractivity contribution in [2.75, 3.05) is 19.8 Å². The van der Waals surface area contributed by atoms with E-state index in [1.807, 2.05) is 22.6 Å². The van der Waals surface area contributed by atoms with Crippen molar-refractivity contribution in [3.63, 3.8) is 0 Å². The van der Waals surface area contributed by atoms with Crippen LogP contribution in [0, 0.1) is 6.92 Å². The second-order valence-electron chi connectivity index (χ2n) is 6.96. The van der Waals surface area contributed by atoms with Gasteiger partial charge < -0.3 is 18.8 Å². The van der Waals surface area contributed by atoms with Crippen LogP contribution in [0.2, 0.25) is 0 Å². The summed E-state index contributed by atoms with van der Waals surface area (Å²) in [6.45, 7) is 7.15. The molecule has 0 spiro atoms. The summed E-state index contributed by atoms with van der Waals surface area (Å²) in [7, 11) is 0. The highest BCUT2D eigenvalue weighted by Crippen LogP contribution is 2.30. The fraction of sp³-hybridized carbons (Fsp3) is 0.647. The average Bonchev–Trinajstić information content (AvgIpc) is 3.22. The highest BCUT2D eigenvalue weighted by molar-refractivity contribution is 5.76. The summed E-state index contributed by atoms with van der Waals surface area (Å²) >= 11 is 0. The third-order valence-corrected chi connectivity index (χ3v) is 5.22. The van der Waals surface area contributed by atoms with Gasteiger partial charge in [-0.3, -0.25) is 4.79 Å². The molecule has 8 nitrogen and oxygen atoms in total. The highest BCUT2D eigenvalue weighted by atomic mass is 16.5. The molecular formula is C17H24N6O2. The van der Waals surface area contributed by atoms with E-state index >= 15 is 0 Å². The molecule has 0 unspecified atom stereocenters. The SMILES string of the molecule is Cc1nccn1CC(=O)N1Cc2nnc(C3CCOCC3)n2[C@@H](C)C1. The molecule has 2 aliphatic heterocycles. The fourth-order valence-electron chi connectivity index (χ4n) is 3.80. The van der Waals surface area contributed by atoms with Gasteiger partial charge in [-0.05, 0) is 26.7 Å². The first-order valence-corrected chi connectivity index (χ1v) is 8.90. The predicted octanol–water partition coefficient (Wildman–Crippen LogP) is 1.28. The van der Waals surface area contributed by atoms with Gasteiger partial charge in [0.25, 0.3) is 0 Å². The smallest absolute Gasteiger partial charge is 0.243 e. The molecule has 2 aromatic heterocycles. The van der Waals surface area contributed by atoms with Crippen molar-refractivity contribution in [3.05, 3.63) is 29.9 Å². The molecule has 0 aromatic carbocycles. The number of carbonyl (C=O) groups is 1. The van der Waals surface area contributed by atoms with E-state index in [0.29, 0.717) is 25.6 Å². The zero-order chi connectivity index (χ0) is 17.4. The van der Waals surface area contributed by atoms with E-state index in [1.165, 1.54) is 0 Å². The predicted molar refractivity (Wildman–Crippen MR) is 89.9 cm³/mol. The van der Waals surface area contributed by atoms with Crippen molar-refractivity contribution in [2.24, 2.45) is 0 Å². The lowest BCUT2D eigenvalue weighted by atomic mass is 9.99. The van der Waals surface area contributed by atoms with Crippen molar-refractivity contribution in [2.45, 2.75) is 51.7 Å². The monoisotopic (exact) mass is 344 g/mol. The lowest BCUT2D eigenvalue weighted by Gasteiger charge is -2.34. The Morgan fingerprint density at radius 1 is 1.32 bits per heavy atom. The second-order valence-corrected chi connectivity index (χ2v) is 6.96. The Morgan fingerprint density at radius 3 is 2.84 bits per heavy atom. The number of ether oxygens (including phenoxy) is 1. The van der Waals surface area contributed by atoms with Crippen LogP contribution in [0.4, 0.5) is 0 Å². The van der Waals surface area contributed by atoms with Crippen LogP contribution < -0.4 is 0 Å². The molecule has 0 radical (unpaired) electrons. The Balaban J connectivity index is 1.51. The maximum atomic E-state index is 12.7. The van der Waals surface area contributed by atoms with Crippen LogP contribution in [-0.4, -0.2) is 54.9 Å². The van der Waals surface area contributed by atoms with Crippen molar-refractivity contribution in [1.29, 1.82) is 0 Å². The van der Waals surface area contributed by atoms with Crippen LogP contribution >= 0.6 is 0 Å². The van der Waals surface area contributed by atoms with Crippen LogP contribution in [0.25, 0.3) is 0 Å². The molecule has 0 bridgehead atoms. The van der Waals surface area contributed by atoms with E-state index in [1.54, 1.807) is 6.20 Å². The summed E-state index contributed by atoms with van der Waals surface area (Å²) in [5.74, 6) is 3.30. The van der Waals surface area contributed by atoms with Gasteiger partial charge in [0.1, 0.15) is 18.2 Å². The Bertz CT molecular complexity index is 761. The number of aryl methyl sites for hydroxylation is 1. The van der Waals surface area contributed by atoms with E-state index in [9.17, 15) is 4.79 Å². The maximum Gasteiger partial charge on any atom is 0.243 e. The van der Waals surface area contributed by atoms with Gasteiger partial charge in [0.05, 0.1) is 12.6 Å². The van der Waals surface area contributed by atoms with E-state index in [4.69, 9.17) is 4.74 Å².